The molecule has 0 aliphatic rings. The summed E-state index contributed by atoms with van der Waals surface area (Å²) in [6.45, 7) is 0.809. The van der Waals surface area contributed by atoms with Crippen molar-refractivity contribution in [1.82, 2.24) is 19.5 Å². The predicted molar refractivity (Wildman–Crippen MR) is 77.0 cm³/mol. The normalized spacial score (nSPS) is 12.4. The summed E-state index contributed by atoms with van der Waals surface area (Å²) in [4.78, 5) is 11.6. The first-order valence-corrected chi connectivity index (χ1v) is 6.63. The zero-order valence-corrected chi connectivity index (χ0v) is 11.1. The molecule has 0 bridgehead atoms. The van der Waals surface area contributed by atoms with E-state index in [2.05, 4.69) is 19.5 Å². The maximum atomic E-state index is 6.33. The van der Waals surface area contributed by atoms with Crippen LogP contribution in [0.15, 0.2) is 55.2 Å². The molecule has 20 heavy (non-hydrogen) atoms. The van der Waals surface area contributed by atoms with Gasteiger partial charge in [0, 0.05) is 25.4 Å². The van der Waals surface area contributed by atoms with Crippen LogP contribution in [-0.4, -0.2) is 19.5 Å². The number of aromatic nitrogens is 4. The number of nitrogens with two attached hydrogens (primary N) is 1. The average molecular weight is 267 g/mol. The first kappa shape index (κ1) is 12.6. The van der Waals surface area contributed by atoms with Crippen molar-refractivity contribution in [2.45, 2.75) is 19.0 Å². The Balaban J connectivity index is 1.76. The minimum absolute atomic E-state index is 0.157. The highest BCUT2D eigenvalue weighted by Gasteiger charge is 2.13. The molecule has 0 aliphatic carbocycles. The zero-order valence-electron chi connectivity index (χ0n) is 11.1. The first-order chi connectivity index (χ1) is 9.84. The summed E-state index contributed by atoms with van der Waals surface area (Å²) >= 11 is 0. The Labute approximate surface area is 117 Å². The van der Waals surface area contributed by atoms with Crippen LogP contribution in [0.2, 0.25) is 0 Å². The van der Waals surface area contributed by atoms with Crippen molar-refractivity contribution in [2.75, 3.05) is 0 Å². The number of H-pyrrole nitrogens is 1. The summed E-state index contributed by atoms with van der Waals surface area (Å²) in [7, 11) is 0. The Bertz CT molecular complexity index is 642. The Morgan fingerprint density at radius 3 is 2.85 bits per heavy atom. The number of benzene rings is 1. The lowest BCUT2D eigenvalue weighted by Crippen LogP contribution is -2.17. The van der Waals surface area contributed by atoms with Crippen molar-refractivity contribution >= 4 is 0 Å². The van der Waals surface area contributed by atoms with Crippen molar-refractivity contribution < 1.29 is 0 Å². The van der Waals surface area contributed by atoms with Gasteiger partial charge in [-0.1, -0.05) is 30.3 Å². The number of imidazole rings is 2. The molecule has 0 fully saturated rings. The van der Waals surface area contributed by atoms with Crippen molar-refractivity contribution in [3.63, 3.8) is 0 Å². The third kappa shape index (κ3) is 2.62. The van der Waals surface area contributed by atoms with Crippen LogP contribution in [0.25, 0.3) is 0 Å². The Morgan fingerprint density at radius 2 is 2.10 bits per heavy atom. The highest BCUT2D eigenvalue weighted by atomic mass is 15.1. The molecule has 1 unspecified atom stereocenters. The number of nitrogens with zero attached hydrogens (tertiary/aromatic N) is 3. The maximum absolute atomic E-state index is 6.33. The van der Waals surface area contributed by atoms with E-state index in [0.29, 0.717) is 0 Å². The summed E-state index contributed by atoms with van der Waals surface area (Å²) in [5.74, 6) is 0.970. The van der Waals surface area contributed by atoms with E-state index in [1.54, 1.807) is 6.20 Å². The van der Waals surface area contributed by atoms with Gasteiger partial charge in [0.1, 0.15) is 5.82 Å². The summed E-state index contributed by atoms with van der Waals surface area (Å²) in [5.41, 5.74) is 8.43. The molecular weight excluding hydrogens is 250 g/mol. The van der Waals surface area contributed by atoms with Crippen LogP contribution in [0.3, 0.4) is 0 Å². The van der Waals surface area contributed by atoms with Gasteiger partial charge in [-0.25, -0.2) is 9.97 Å². The second-order valence-electron chi connectivity index (χ2n) is 4.69. The molecule has 5 nitrogen and oxygen atoms in total. The number of rotatable bonds is 5. The fourth-order valence-electron chi connectivity index (χ4n) is 2.27. The molecule has 5 heteroatoms. The maximum Gasteiger partial charge on any atom is 0.107 e. The molecule has 3 rings (SSSR count). The van der Waals surface area contributed by atoms with Crippen LogP contribution in [-0.2, 0) is 13.0 Å². The molecule has 0 amide bonds. The monoisotopic (exact) mass is 267 g/mol. The highest BCUT2D eigenvalue weighted by Crippen LogP contribution is 2.19. The van der Waals surface area contributed by atoms with Gasteiger partial charge in [0.2, 0.25) is 0 Å². The van der Waals surface area contributed by atoms with Gasteiger partial charge in [-0.15, -0.1) is 0 Å². The molecule has 2 heterocycles. The van der Waals surface area contributed by atoms with E-state index in [0.717, 1.165) is 30.0 Å². The van der Waals surface area contributed by atoms with Gasteiger partial charge in [-0.3, -0.25) is 0 Å². The van der Waals surface area contributed by atoms with Crippen molar-refractivity contribution in [2.24, 2.45) is 5.73 Å². The third-order valence-electron chi connectivity index (χ3n) is 3.37. The van der Waals surface area contributed by atoms with Gasteiger partial charge in [0.25, 0.3) is 0 Å². The summed E-state index contributed by atoms with van der Waals surface area (Å²) in [5, 5.41) is 0. The molecule has 1 atom stereocenters. The second kappa shape index (κ2) is 5.71. The van der Waals surface area contributed by atoms with E-state index in [9.17, 15) is 0 Å². The summed E-state index contributed by atoms with van der Waals surface area (Å²) < 4.78 is 2.08. The van der Waals surface area contributed by atoms with Gasteiger partial charge in [-0.2, -0.15) is 0 Å². The van der Waals surface area contributed by atoms with Crippen LogP contribution >= 0.6 is 0 Å². The summed E-state index contributed by atoms with van der Waals surface area (Å²) in [6, 6.07) is 9.90. The standard InChI is InChI=1S/C15H17N5/c16-15(12-4-2-1-3-5-12)13-10-17-11-20(13)9-6-14-18-7-8-19-14/h1-5,7-8,10-11,15H,6,9,16H2,(H,18,19). The minimum atomic E-state index is -0.157. The van der Waals surface area contributed by atoms with Crippen molar-refractivity contribution in [1.29, 1.82) is 0 Å². The number of aromatic amines is 1. The van der Waals surface area contributed by atoms with Crippen LogP contribution in [0.5, 0.6) is 0 Å². The van der Waals surface area contributed by atoms with E-state index in [-0.39, 0.29) is 6.04 Å². The molecule has 3 aromatic rings. The highest BCUT2D eigenvalue weighted by molar-refractivity contribution is 5.26. The van der Waals surface area contributed by atoms with E-state index in [1.165, 1.54) is 0 Å². The van der Waals surface area contributed by atoms with Crippen LogP contribution in [0, 0.1) is 0 Å². The lowest BCUT2D eigenvalue weighted by atomic mass is 10.1. The zero-order chi connectivity index (χ0) is 13.8. The lowest BCUT2D eigenvalue weighted by Gasteiger charge is -2.14. The van der Waals surface area contributed by atoms with Crippen molar-refractivity contribution in [3.8, 4) is 0 Å². The number of aryl methyl sites for hydroxylation is 2. The van der Waals surface area contributed by atoms with Crippen LogP contribution in [0.4, 0.5) is 0 Å². The molecule has 3 N–H and O–H groups in total. The Kier molecular flexibility index (Phi) is 3.60. The number of hydrogen-bond donors (Lipinski definition) is 2. The molecule has 0 radical (unpaired) electrons. The molecule has 0 saturated carbocycles. The van der Waals surface area contributed by atoms with E-state index >= 15 is 0 Å². The molecule has 0 spiro atoms. The molecule has 1 aromatic carbocycles. The molecule has 0 saturated heterocycles. The third-order valence-corrected chi connectivity index (χ3v) is 3.37. The number of nitrogens with one attached hydrogen (secondary N) is 1. The van der Waals surface area contributed by atoms with E-state index in [1.807, 2.05) is 49.1 Å². The van der Waals surface area contributed by atoms with Crippen LogP contribution in [0.1, 0.15) is 23.1 Å². The van der Waals surface area contributed by atoms with Gasteiger partial charge < -0.3 is 15.3 Å². The molecule has 102 valence electrons. The summed E-state index contributed by atoms with van der Waals surface area (Å²) in [6.07, 6.45) is 8.08. The fourth-order valence-corrected chi connectivity index (χ4v) is 2.27. The fraction of sp³-hybridized carbons (Fsp3) is 0.200. The topological polar surface area (TPSA) is 72.5 Å². The second-order valence-corrected chi connectivity index (χ2v) is 4.69. The largest absolute Gasteiger partial charge is 0.349 e. The predicted octanol–water partition coefficient (Wildman–Crippen LogP) is 1.90. The Morgan fingerprint density at radius 1 is 1.25 bits per heavy atom. The molecule has 2 aromatic heterocycles. The van der Waals surface area contributed by atoms with E-state index in [4.69, 9.17) is 5.73 Å². The molecule has 0 aliphatic heterocycles. The van der Waals surface area contributed by atoms with E-state index < -0.39 is 0 Å². The van der Waals surface area contributed by atoms with Crippen molar-refractivity contribution in [3.05, 3.63) is 72.3 Å². The van der Waals surface area contributed by atoms with Gasteiger partial charge in [0.05, 0.1) is 24.3 Å². The van der Waals surface area contributed by atoms with Gasteiger partial charge in [0.15, 0.2) is 0 Å². The smallest absolute Gasteiger partial charge is 0.107 e. The lowest BCUT2D eigenvalue weighted by molar-refractivity contribution is 0.625. The van der Waals surface area contributed by atoms with Gasteiger partial charge in [-0.05, 0) is 5.56 Å². The van der Waals surface area contributed by atoms with Crippen LogP contribution < -0.4 is 5.73 Å². The average Bonchev–Trinajstić information content (AvgIpc) is 3.16. The van der Waals surface area contributed by atoms with Gasteiger partial charge >= 0.3 is 0 Å². The quantitative estimate of drug-likeness (QED) is 0.741. The first-order valence-electron chi connectivity index (χ1n) is 6.63. The Hall–Kier alpha value is -2.40. The minimum Gasteiger partial charge on any atom is -0.349 e. The number of hydrogen-bond acceptors (Lipinski definition) is 3. The SMILES string of the molecule is NC(c1ccccc1)c1cncn1CCc1ncc[nH]1. The molecular formula is C15H17N5.